The van der Waals surface area contributed by atoms with Gasteiger partial charge in [-0.2, -0.15) is 8.78 Å². The molecule has 0 bridgehead atoms. The summed E-state index contributed by atoms with van der Waals surface area (Å²) >= 11 is 0. The van der Waals surface area contributed by atoms with Crippen LogP contribution >= 0.6 is 0 Å². The van der Waals surface area contributed by atoms with Crippen LogP contribution in [0.2, 0.25) is 0 Å². The molecule has 1 aromatic carbocycles. The summed E-state index contributed by atoms with van der Waals surface area (Å²) in [6.07, 6.45) is 0. The predicted octanol–water partition coefficient (Wildman–Crippen LogP) is 2.32. The molecule has 5 heteroatoms. The lowest BCUT2D eigenvalue weighted by atomic mass is 10.1. The zero-order valence-corrected chi connectivity index (χ0v) is 9.86. The third kappa shape index (κ3) is 4.66. The van der Waals surface area contributed by atoms with Gasteiger partial charge in [0.05, 0.1) is 12.6 Å². The van der Waals surface area contributed by atoms with E-state index >= 15 is 0 Å². The molecule has 0 spiro atoms. The first-order valence-corrected chi connectivity index (χ1v) is 5.44. The second-order valence-electron chi connectivity index (χ2n) is 4.00. The first kappa shape index (κ1) is 13.9. The number of ether oxygens (including phenoxy) is 1. The highest BCUT2D eigenvalue weighted by Crippen LogP contribution is 2.19. The van der Waals surface area contributed by atoms with Crippen LogP contribution in [0.4, 0.5) is 8.78 Å². The zero-order valence-electron chi connectivity index (χ0n) is 9.86. The molecule has 1 aromatic rings. The molecule has 0 fully saturated rings. The standard InChI is InChI=1S/C12H17F2NO2/c1-8(2)15-11(7-16)9-3-5-10(6-4-9)17-12(13)14/h3-6,8,11-12,15-16H,7H2,1-2H3. The fourth-order valence-corrected chi connectivity index (χ4v) is 1.54. The second kappa shape index (κ2) is 6.51. The van der Waals surface area contributed by atoms with Crippen LogP contribution in [0.3, 0.4) is 0 Å². The fraction of sp³-hybridized carbons (Fsp3) is 0.500. The highest BCUT2D eigenvalue weighted by atomic mass is 19.3. The van der Waals surface area contributed by atoms with Crippen molar-refractivity contribution in [3.05, 3.63) is 29.8 Å². The Hall–Kier alpha value is -1.20. The van der Waals surface area contributed by atoms with Gasteiger partial charge in [0.25, 0.3) is 0 Å². The molecule has 0 aliphatic heterocycles. The maximum Gasteiger partial charge on any atom is 0.387 e. The molecule has 0 heterocycles. The molecule has 0 aromatic heterocycles. The van der Waals surface area contributed by atoms with E-state index in [1.54, 1.807) is 12.1 Å². The van der Waals surface area contributed by atoms with Crippen molar-refractivity contribution < 1.29 is 18.6 Å². The molecule has 3 nitrogen and oxygen atoms in total. The van der Waals surface area contributed by atoms with Crippen LogP contribution < -0.4 is 10.1 Å². The number of nitrogens with one attached hydrogen (secondary N) is 1. The van der Waals surface area contributed by atoms with Crippen molar-refractivity contribution in [2.75, 3.05) is 6.61 Å². The molecule has 0 aliphatic rings. The van der Waals surface area contributed by atoms with E-state index in [-0.39, 0.29) is 24.4 Å². The van der Waals surface area contributed by atoms with Crippen LogP contribution in [0, 0.1) is 0 Å². The Kier molecular flexibility index (Phi) is 5.31. The summed E-state index contributed by atoms with van der Waals surface area (Å²) in [4.78, 5) is 0. The van der Waals surface area contributed by atoms with Gasteiger partial charge in [0.15, 0.2) is 0 Å². The lowest BCUT2D eigenvalue weighted by molar-refractivity contribution is -0.0498. The Morgan fingerprint density at radius 1 is 1.24 bits per heavy atom. The van der Waals surface area contributed by atoms with Crippen molar-refractivity contribution in [1.82, 2.24) is 5.32 Å². The average Bonchev–Trinajstić information content (AvgIpc) is 2.26. The lowest BCUT2D eigenvalue weighted by Gasteiger charge is -2.19. The monoisotopic (exact) mass is 245 g/mol. The SMILES string of the molecule is CC(C)NC(CO)c1ccc(OC(F)F)cc1. The number of alkyl halides is 2. The van der Waals surface area contributed by atoms with Crippen LogP contribution in [0.1, 0.15) is 25.5 Å². The highest BCUT2D eigenvalue weighted by molar-refractivity contribution is 5.29. The summed E-state index contributed by atoms with van der Waals surface area (Å²) in [5.41, 5.74) is 0.836. The van der Waals surface area contributed by atoms with E-state index < -0.39 is 6.61 Å². The summed E-state index contributed by atoms with van der Waals surface area (Å²) in [5.74, 6) is 0.116. The maximum atomic E-state index is 11.9. The summed E-state index contributed by atoms with van der Waals surface area (Å²) in [7, 11) is 0. The van der Waals surface area contributed by atoms with Crippen molar-refractivity contribution in [2.45, 2.75) is 32.5 Å². The Balaban J connectivity index is 2.70. The van der Waals surface area contributed by atoms with E-state index in [4.69, 9.17) is 0 Å². The fourth-order valence-electron chi connectivity index (χ4n) is 1.54. The number of aliphatic hydroxyl groups excluding tert-OH is 1. The minimum atomic E-state index is -2.82. The molecular formula is C12H17F2NO2. The largest absolute Gasteiger partial charge is 0.435 e. The molecule has 0 amide bonds. The summed E-state index contributed by atoms with van der Waals surface area (Å²) in [5, 5.41) is 12.4. The molecule has 0 aliphatic carbocycles. The third-order valence-corrected chi connectivity index (χ3v) is 2.22. The van der Waals surface area contributed by atoms with E-state index in [9.17, 15) is 13.9 Å². The van der Waals surface area contributed by atoms with Crippen molar-refractivity contribution in [3.63, 3.8) is 0 Å². The summed E-state index contributed by atoms with van der Waals surface area (Å²) < 4.78 is 28.1. The number of hydrogen-bond donors (Lipinski definition) is 2. The lowest BCUT2D eigenvalue weighted by Crippen LogP contribution is -2.30. The molecule has 1 unspecified atom stereocenters. The van der Waals surface area contributed by atoms with Crippen molar-refractivity contribution in [3.8, 4) is 5.75 Å². The quantitative estimate of drug-likeness (QED) is 0.808. The van der Waals surface area contributed by atoms with Gasteiger partial charge in [0.1, 0.15) is 5.75 Å². The van der Waals surface area contributed by atoms with E-state index in [1.165, 1.54) is 12.1 Å². The van der Waals surface area contributed by atoms with E-state index in [1.807, 2.05) is 13.8 Å². The van der Waals surface area contributed by atoms with Gasteiger partial charge in [0, 0.05) is 6.04 Å². The van der Waals surface area contributed by atoms with Gasteiger partial charge < -0.3 is 15.2 Å². The number of benzene rings is 1. The van der Waals surface area contributed by atoms with Gasteiger partial charge in [-0.3, -0.25) is 0 Å². The van der Waals surface area contributed by atoms with Crippen molar-refractivity contribution in [1.29, 1.82) is 0 Å². The third-order valence-electron chi connectivity index (χ3n) is 2.22. The van der Waals surface area contributed by atoms with Gasteiger partial charge in [-0.25, -0.2) is 0 Å². The van der Waals surface area contributed by atoms with E-state index in [2.05, 4.69) is 10.1 Å². The van der Waals surface area contributed by atoms with Crippen molar-refractivity contribution in [2.24, 2.45) is 0 Å². The van der Waals surface area contributed by atoms with Crippen molar-refractivity contribution >= 4 is 0 Å². The number of halogens is 2. The Morgan fingerprint density at radius 3 is 2.24 bits per heavy atom. The number of rotatable bonds is 6. The maximum absolute atomic E-state index is 11.9. The van der Waals surface area contributed by atoms with Crippen LogP contribution in [0.5, 0.6) is 5.75 Å². The van der Waals surface area contributed by atoms with Gasteiger partial charge in [-0.1, -0.05) is 26.0 Å². The molecule has 0 radical (unpaired) electrons. The minimum absolute atomic E-state index is 0.0484. The molecule has 1 rings (SSSR count). The summed E-state index contributed by atoms with van der Waals surface area (Å²) in [6, 6.07) is 6.28. The second-order valence-corrected chi connectivity index (χ2v) is 4.00. The molecule has 2 N–H and O–H groups in total. The topological polar surface area (TPSA) is 41.5 Å². The minimum Gasteiger partial charge on any atom is -0.435 e. The molecule has 1 atom stereocenters. The van der Waals surface area contributed by atoms with Crippen LogP contribution in [0.25, 0.3) is 0 Å². The number of hydrogen-bond acceptors (Lipinski definition) is 3. The van der Waals surface area contributed by atoms with Gasteiger partial charge in [-0.05, 0) is 17.7 Å². The Morgan fingerprint density at radius 2 is 1.82 bits per heavy atom. The van der Waals surface area contributed by atoms with E-state index in [0.29, 0.717) is 0 Å². The van der Waals surface area contributed by atoms with Crippen LogP contribution in [-0.2, 0) is 0 Å². The first-order valence-electron chi connectivity index (χ1n) is 5.44. The highest BCUT2D eigenvalue weighted by Gasteiger charge is 2.11. The normalized spacial score (nSPS) is 13.1. The van der Waals surface area contributed by atoms with Gasteiger partial charge in [-0.15, -0.1) is 0 Å². The van der Waals surface area contributed by atoms with Crippen LogP contribution in [0.15, 0.2) is 24.3 Å². The molecule has 96 valence electrons. The summed E-state index contributed by atoms with van der Waals surface area (Å²) in [6.45, 7) is 1.07. The molecular weight excluding hydrogens is 228 g/mol. The van der Waals surface area contributed by atoms with Gasteiger partial charge in [0.2, 0.25) is 0 Å². The smallest absolute Gasteiger partial charge is 0.387 e. The van der Waals surface area contributed by atoms with Gasteiger partial charge >= 0.3 is 6.61 Å². The molecule has 17 heavy (non-hydrogen) atoms. The number of aliphatic hydroxyl groups is 1. The average molecular weight is 245 g/mol. The Labute approximate surface area is 99.4 Å². The first-order chi connectivity index (χ1) is 8.02. The molecule has 0 saturated heterocycles. The van der Waals surface area contributed by atoms with Crippen LogP contribution in [-0.4, -0.2) is 24.4 Å². The molecule has 0 saturated carbocycles. The van der Waals surface area contributed by atoms with E-state index in [0.717, 1.165) is 5.56 Å². The zero-order chi connectivity index (χ0) is 12.8. The predicted molar refractivity (Wildman–Crippen MR) is 61.2 cm³/mol. The Bertz CT molecular complexity index is 328.